The maximum atomic E-state index is 12.6. The monoisotopic (exact) mass is 397 g/mol. The molecule has 148 valence electrons. The molecule has 0 radical (unpaired) electrons. The molecule has 0 saturated carbocycles. The zero-order chi connectivity index (χ0) is 21.1. The van der Waals surface area contributed by atoms with Crippen LogP contribution in [0.4, 0.5) is 0 Å². The van der Waals surface area contributed by atoms with E-state index < -0.39 is 5.97 Å². The van der Waals surface area contributed by atoms with Crippen LogP contribution < -0.4 is 0 Å². The van der Waals surface area contributed by atoms with Gasteiger partial charge in [0.15, 0.2) is 12.4 Å². The third kappa shape index (κ3) is 3.78. The van der Waals surface area contributed by atoms with E-state index in [1.165, 1.54) is 12.1 Å². The minimum atomic E-state index is -0.612. The van der Waals surface area contributed by atoms with Gasteiger partial charge >= 0.3 is 5.97 Å². The number of aromatic nitrogens is 1. The van der Waals surface area contributed by atoms with Crippen molar-refractivity contribution in [3.63, 3.8) is 0 Å². The third-order valence-corrected chi connectivity index (χ3v) is 4.93. The molecule has 0 aliphatic rings. The Morgan fingerprint density at radius 1 is 0.767 bits per heavy atom. The van der Waals surface area contributed by atoms with E-state index in [9.17, 15) is 14.4 Å². The zero-order valence-corrected chi connectivity index (χ0v) is 16.3. The van der Waals surface area contributed by atoms with Crippen LogP contribution in [0.15, 0.2) is 78.9 Å². The quantitative estimate of drug-likeness (QED) is 0.376. The number of para-hydroxylation sites is 1. The predicted octanol–water partition coefficient (Wildman–Crippen LogP) is 4.75. The molecule has 3 aromatic carbocycles. The molecule has 0 unspecified atom stereocenters. The minimum absolute atomic E-state index is 0.125. The maximum absolute atomic E-state index is 12.6. The van der Waals surface area contributed by atoms with Gasteiger partial charge < -0.3 is 9.72 Å². The van der Waals surface area contributed by atoms with Crippen LogP contribution in [0, 0.1) is 6.92 Å². The van der Waals surface area contributed by atoms with Gasteiger partial charge in [-0.1, -0.05) is 60.7 Å². The number of fused-ring (bicyclic) bond motifs is 1. The first-order chi connectivity index (χ1) is 14.5. The molecule has 0 amide bonds. The first-order valence-electron chi connectivity index (χ1n) is 9.52. The van der Waals surface area contributed by atoms with Crippen molar-refractivity contribution in [3.05, 3.63) is 107 Å². The third-order valence-electron chi connectivity index (χ3n) is 4.93. The number of rotatable bonds is 6. The van der Waals surface area contributed by atoms with Crippen molar-refractivity contribution >= 4 is 28.4 Å². The van der Waals surface area contributed by atoms with Gasteiger partial charge in [-0.25, -0.2) is 4.79 Å². The highest BCUT2D eigenvalue weighted by molar-refractivity contribution is 6.11. The van der Waals surface area contributed by atoms with E-state index in [4.69, 9.17) is 4.74 Å². The number of benzene rings is 3. The number of ether oxygens (including phenoxy) is 1. The van der Waals surface area contributed by atoms with Gasteiger partial charge in [0.05, 0.1) is 5.56 Å². The summed E-state index contributed by atoms with van der Waals surface area (Å²) in [6.45, 7) is 1.46. The number of H-pyrrole nitrogens is 1. The molecule has 4 aromatic rings. The van der Waals surface area contributed by atoms with Crippen LogP contribution in [0.3, 0.4) is 0 Å². The summed E-state index contributed by atoms with van der Waals surface area (Å²) in [6.07, 6.45) is 0. The molecule has 0 atom stereocenters. The number of ketones is 2. The van der Waals surface area contributed by atoms with Gasteiger partial charge in [-0.15, -0.1) is 0 Å². The predicted molar refractivity (Wildman–Crippen MR) is 114 cm³/mol. The summed E-state index contributed by atoms with van der Waals surface area (Å²) in [5.41, 5.74) is 3.46. The molecule has 1 heterocycles. The topological polar surface area (TPSA) is 76.2 Å². The molecule has 0 spiro atoms. The summed E-state index contributed by atoms with van der Waals surface area (Å²) >= 11 is 0. The number of hydrogen-bond donors (Lipinski definition) is 1. The average Bonchev–Trinajstić information content (AvgIpc) is 3.13. The van der Waals surface area contributed by atoms with Crippen molar-refractivity contribution in [1.82, 2.24) is 4.98 Å². The van der Waals surface area contributed by atoms with Crippen LogP contribution >= 0.6 is 0 Å². The van der Waals surface area contributed by atoms with E-state index in [0.29, 0.717) is 16.7 Å². The van der Waals surface area contributed by atoms with E-state index in [2.05, 4.69) is 4.98 Å². The highest BCUT2D eigenvalue weighted by atomic mass is 16.5. The molecule has 0 bridgehead atoms. The van der Waals surface area contributed by atoms with Gasteiger partial charge in [-0.2, -0.15) is 0 Å². The lowest BCUT2D eigenvalue weighted by Gasteiger charge is -2.06. The second-order valence-electron chi connectivity index (χ2n) is 6.94. The Labute approximate surface area is 173 Å². The van der Waals surface area contributed by atoms with E-state index in [1.807, 2.05) is 37.3 Å². The van der Waals surface area contributed by atoms with Gasteiger partial charge in [0, 0.05) is 33.3 Å². The molecule has 5 nitrogen and oxygen atoms in total. The summed E-state index contributed by atoms with van der Waals surface area (Å²) in [7, 11) is 0. The van der Waals surface area contributed by atoms with Crippen LogP contribution in [0.2, 0.25) is 0 Å². The molecule has 1 N–H and O–H groups in total. The Morgan fingerprint density at radius 2 is 1.37 bits per heavy atom. The van der Waals surface area contributed by atoms with E-state index >= 15 is 0 Å². The van der Waals surface area contributed by atoms with Crippen LogP contribution in [0.25, 0.3) is 10.9 Å². The number of carbonyl (C=O) groups is 3. The molecule has 0 aliphatic heterocycles. The Bertz CT molecular complexity index is 1240. The number of carbonyl (C=O) groups excluding carboxylic acids is 3. The smallest absolute Gasteiger partial charge is 0.338 e. The highest BCUT2D eigenvalue weighted by Gasteiger charge is 2.18. The first kappa shape index (κ1) is 19.3. The summed E-state index contributed by atoms with van der Waals surface area (Å²) in [5.74, 6) is -1.01. The van der Waals surface area contributed by atoms with Crippen LogP contribution in [-0.2, 0) is 4.74 Å². The fraction of sp³-hybridized carbons (Fsp3) is 0.0800. The lowest BCUT2D eigenvalue weighted by atomic mass is 10.0. The Hall–Kier alpha value is -3.99. The number of aryl methyl sites for hydroxylation is 1. The van der Waals surface area contributed by atoms with Crippen molar-refractivity contribution in [1.29, 1.82) is 0 Å². The second-order valence-corrected chi connectivity index (χ2v) is 6.94. The molecule has 0 saturated heterocycles. The van der Waals surface area contributed by atoms with Crippen molar-refractivity contribution in [2.75, 3.05) is 6.61 Å². The lowest BCUT2D eigenvalue weighted by Crippen LogP contribution is -2.15. The minimum Gasteiger partial charge on any atom is -0.454 e. The molecule has 0 aliphatic carbocycles. The number of nitrogens with one attached hydrogen (secondary N) is 1. The summed E-state index contributed by atoms with van der Waals surface area (Å²) in [4.78, 5) is 40.6. The van der Waals surface area contributed by atoms with Crippen molar-refractivity contribution in [2.24, 2.45) is 0 Å². The zero-order valence-electron chi connectivity index (χ0n) is 16.3. The molecule has 4 rings (SSSR count). The van der Waals surface area contributed by atoms with Crippen molar-refractivity contribution < 1.29 is 19.1 Å². The first-order valence-corrected chi connectivity index (χ1v) is 9.52. The number of aromatic amines is 1. The van der Waals surface area contributed by atoms with Crippen LogP contribution in [-0.4, -0.2) is 29.1 Å². The Balaban J connectivity index is 1.43. The number of Topliss-reactive ketones (excluding diaryl/α,β-unsaturated/α-hetero) is 1. The van der Waals surface area contributed by atoms with Gasteiger partial charge in [0.25, 0.3) is 0 Å². The largest absolute Gasteiger partial charge is 0.454 e. The summed E-state index contributed by atoms with van der Waals surface area (Å²) in [6, 6.07) is 22.6. The van der Waals surface area contributed by atoms with E-state index in [-0.39, 0.29) is 23.7 Å². The fourth-order valence-corrected chi connectivity index (χ4v) is 3.44. The average molecular weight is 397 g/mol. The number of hydrogen-bond acceptors (Lipinski definition) is 4. The SMILES string of the molecule is Cc1[nH]c2ccccc2c1C(=O)COC(=O)c1ccc(C(=O)c2ccccc2)cc1. The van der Waals surface area contributed by atoms with Crippen molar-refractivity contribution in [2.45, 2.75) is 6.92 Å². The van der Waals surface area contributed by atoms with Crippen LogP contribution in [0.5, 0.6) is 0 Å². The standard InChI is InChI=1S/C25H19NO4/c1-16-23(20-9-5-6-10-21(20)26-16)22(27)15-30-25(29)19-13-11-18(12-14-19)24(28)17-7-3-2-4-8-17/h2-14,26H,15H2,1H3. The van der Waals surface area contributed by atoms with E-state index in [1.54, 1.807) is 36.4 Å². The molecule has 30 heavy (non-hydrogen) atoms. The highest BCUT2D eigenvalue weighted by Crippen LogP contribution is 2.22. The lowest BCUT2D eigenvalue weighted by molar-refractivity contribution is 0.0475. The number of esters is 1. The normalized spacial score (nSPS) is 10.7. The molecule has 5 heteroatoms. The molecular weight excluding hydrogens is 378 g/mol. The summed E-state index contributed by atoms with van der Waals surface area (Å²) in [5, 5.41) is 0.805. The second kappa shape index (κ2) is 8.17. The van der Waals surface area contributed by atoms with Gasteiger partial charge in [-0.3, -0.25) is 9.59 Å². The molecular formula is C25H19NO4. The fourth-order valence-electron chi connectivity index (χ4n) is 3.44. The van der Waals surface area contributed by atoms with Crippen LogP contribution in [0.1, 0.15) is 42.3 Å². The summed E-state index contributed by atoms with van der Waals surface area (Å²) < 4.78 is 5.22. The Kier molecular flexibility index (Phi) is 5.26. The van der Waals surface area contributed by atoms with Gasteiger partial charge in [0.2, 0.25) is 5.78 Å². The van der Waals surface area contributed by atoms with Gasteiger partial charge in [-0.05, 0) is 25.1 Å². The molecule has 1 aromatic heterocycles. The Morgan fingerprint density at radius 3 is 2.10 bits per heavy atom. The van der Waals surface area contributed by atoms with E-state index in [0.717, 1.165) is 16.6 Å². The maximum Gasteiger partial charge on any atom is 0.338 e. The molecule has 0 fully saturated rings. The van der Waals surface area contributed by atoms with Gasteiger partial charge in [0.1, 0.15) is 0 Å². The van der Waals surface area contributed by atoms with Crippen molar-refractivity contribution in [3.8, 4) is 0 Å².